The number of ether oxygens (including phenoxy) is 1. The third-order valence-corrected chi connectivity index (χ3v) is 3.55. The summed E-state index contributed by atoms with van der Waals surface area (Å²) in [6, 6.07) is 0. The smallest absolute Gasteiger partial charge is 0.0587 e. The van der Waals surface area contributed by atoms with E-state index < -0.39 is 0 Å². The van der Waals surface area contributed by atoms with Crippen molar-refractivity contribution < 1.29 is 4.74 Å². The van der Waals surface area contributed by atoms with Crippen molar-refractivity contribution >= 4 is 0 Å². The Kier molecular flexibility index (Phi) is 8.87. The highest BCUT2D eigenvalue weighted by Gasteiger charge is 2.03. The van der Waals surface area contributed by atoms with Gasteiger partial charge in [-0.2, -0.15) is 0 Å². The van der Waals surface area contributed by atoms with Crippen LogP contribution in [0.1, 0.15) is 51.9 Å². The van der Waals surface area contributed by atoms with Crippen LogP contribution in [0.2, 0.25) is 0 Å². The Bertz CT molecular complexity index is 268. The predicted octanol–water partition coefficient (Wildman–Crippen LogP) is 3.84. The molecule has 2 heteroatoms. The molecule has 1 aliphatic carbocycles. The zero-order valence-electron chi connectivity index (χ0n) is 12.1. The Morgan fingerprint density at radius 1 is 1.28 bits per heavy atom. The molecule has 104 valence electrons. The van der Waals surface area contributed by atoms with E-state index in [1.54, 1.807) is 12.7 Å². The Hall–Kier alpha value is -0.600. The van der Waals surface area contributed by atoms with Crippen molar-refractivity contribution in [1.82, 2.24) is 5.32 Å². The maximum atomic E-state index is 5.00. The van der Waals surface area contributed by atoms with Crippen LogP contribution in [0.25, 0.3) is 0 Å². The highest BCUT2D eigenvalue weighted by molar-refractivity contribution is 5.29. The first kappa shape index (κ1) is 15.5. The maximum absolute atomic E-state index is 5.00. The Labute approximate surface area is 112 Å². The second-order valence-corrected chi connectivity index (χ2v) is 5.10. The largest absolute Gasteiger partial charge is 0.383 e. The molecule has 0 spiro atoms. The fourth-order valence-corrected chi connectivity index (χ4v) is 2.37. The summed E-state index contributed by atoms with van der Waals surface area (Å²) in [4.78, 5) is 0. The van der Waals surface area contributed by atoms with Crippen LogP contribution < -0.4 is 5.32 Å². The third kappa shape index (κ3) is 6.97. The van der Waals surface area contributed by atoms with Gasteiger partial charge in [-0.15, -0.1) is 0 Å². The maximum Gasteiger partial charge on any atom is 0.0587 e. The Morgan fingerprint density at radius 3 is 2.94 bits per heavy atom. The molecule has 1 aliphatic rings. The molecule has 0 aromatic heterocycles. The quantitative estimate of drug-likeness (QED) is 0.694. The van der Waals surface area contributed by atoms with Crippen LogP contribution in [0.5, 0.6) is 0 Å². The van der Waals surface area contributed by atoms with Gasteiger partial charge in [0.1, 0.15) is 0 Å². The van der Waals surface area contributed by atoms with E-state index in [0.717, 1.165) is 26.1 Å². The molecule has 0 atom stereocenters. The molecule has 0 saturated heterocycles. The molecule has 0 aromatic rings. The molecule has 1 rings (SSSR count). The van der Waals surface area contributed by atoms with Crippen molar-refractivity contribution in [2.45, 2.75) is 51.9 Å². The van der Waals surface area contributed by atoms with Crippen LogP contribution in [0.4, 0.5) is 0 Å². The Morgan fingerprint density at radius 2 is 2.11 bits per heavy atom. The molecule has 0 saturated carbocycles. The molecule has 0 heterocycles. The van der Waals surface area contributed by atoms with Crippen LogP contribution in [-0.2, 0) is 4.74 Å². The van der Waals surface area contributed by atoms with E-state index in [-0.39, 0.29) is 0 Å². The minimum atomic E-state index is 0.799. The second-order valence-electron chi connectivity index (χ2n) is 5.10. The third-order valence-electron chi connectivity index (χ3n) is 3.55. The monoisotopic (exact) mass is 251 g/mol. The number of nitrogens with one attached hydrogen (secondary N) is 1. The predicted molar refractivity (Wildman–Crippen MR) is 78.9 cm³/mol. The van der Waals surface area contributed by atoms with E-state index in [4.69, 9.17) is 4.74 Å². The van der Waals surface area contributed by atoms with Gasteiger partial charge < -0.3 is 10.1 Å². The van der Waals surface area contributed by atoms with Crippen LogP contribution in [0.15, 0.2) is 23.3 Å². The summed E-state index contributed by atoms with van der Waals surface area (Å²) in [6.45, 7) is 5.07. The summed E-state index contributed by atoms with van der Waals surface area (Å²) in [6.07, 6.45) is 14.1. The lowest BCUT2D eigenvalue weighted by molar-refractivity contribution is 0.199. The summed E-state index contributed by atoms with van der Waals surface area (Å²) in [7, 11) is 1.74. The molecule has 18 heavy (non-hydrogen) atoms. The van der Waals surface area contributed by atoms with Gasteiger partial charge in [0, 0.05) is 13.7 Å². The summed E-state index contributed by atoms with van der Waals surface area (Å²) < 4.78 is 5.00. The molecular formula is C16H29NO. The fourth-order valence-electron chi connectivity index (χ4n) is 2.37. The van der Waals surface area contributed by atoms with Gasteiger partial charge in [-0.25, -0.2) is 0 Å². The van der Waals surface area contributed by atoms with Crippen molar-refractivity contribution in [3.63, 3.8) is 0 Å². The topological polar surface area (TPSA) is 21.3 Å². The van der Waals surface area contributed by atoms with Crippen LogP contribution >= 0.6 is 0 Å². The lowest BCUT2D eigenvalue weighted by Gasteiger charge is -2.12. The second kappa shape index (κ2) is 10.3. The van der Waals surface area contributed by atoms with Crippen molar-refractivity contribution in [1.29, 1.82) is 0 Å². The van der Waals surface area contributed by atoms with Gasteiger partial charge in [0.05, 0.1) is 6.61 Å². The summed E-state index contributed by atoms with van der Waals surface area (Å²) in [5.74, 6) is 0. The average Bonchev–Trinajstić information content (AvgIpc) is 2.33. The number of hydrogen-bond acceptors (Lipinski definition) is 2. The lowest BCUT2D eigenvalue weighted by atomic mass is 9.95. The van der Waals surface area contributed by atoms with E-state index in [2.05, 4.69) is 24.4 Å². The standard InChI is InChI=1S/C16H29NO/c1-15(9-8-12-17-13-14-18-2)16-10-6-4-3-5-7-11-16/h9-10,17H,3-8,11-14H2,1-2H3/b15-9-,16-10-. The van der Waals surface area contributed by atoms with Gasteiger partial charge in [-0.1, -0.05) is 30.6 Å². The molecule has 0 unspecified atom stereocenters. The molecule has 0 aliphatic heterocycles. The highest BCUT2D eigenvalue weighted by atomic mass is 16.5. The summed E-state index contributed by atoms with van der Waals surface area (Å²) in [5.41, 5.74) is 3.08. The van der Waals surface area contributed by atoms with Gasteiger partial charge in [0.25, 0.3) is 0 Å². The van der Waals surface area contributed by atoms with Gasteiger partial charge in [0.15, 0.2) is 0 Å². The summed E-state index contributed by atoms with van der Waals surface area (Å²) >= 11 is 0. The van der Waals surface area contributed by atoms with E-state index in [0.29, 0.717) is 0 Å². The number of rotatable bonds is 7. The molecule has 0 amide bonds. The highest BCUT2D eigenvalue weighted by Crippen LogP contribution is 2.22. The number of allylic oxidation sites excluding steroid dienone is 3. The molecule has 0 bridgehead atoms. The minimum absolute atomic E-state index is 0.799. The average molecular weight is 251 g/mol. The zero-order valence-corrected chi connectivity index (χ0v) is 12.1. The van der Waals surface area contributed by atoms with E-state index in [9.17, 15) is 0 Å². The van der Waals surface area contributed by atoms with Gasteiger partial charge >= 0.3 is 0 Å². The van der Waals surface area contributed by atoms with Crippen LogP contribution in [0.3, 0.4) is 0 Å². The number of hydrogen-bond donors (Lipinski definition) is 1. The van der Waals surface area contributed by atoms with Crippen LogP contribution in [0, 0.1) is 0 Å². The molecule has 0 radical (unpaired) electrons. The minimum Gasteiger partial charge on any atom is -0.383 e. The van der Waals surface area contributed by atoms with E-state index in [1.807, 2.05) is 0 Å². The summed E-state index contributed by atoms with van der Waals surface area (Å²) in [5, 5.41) is 3.38. The molecule has 0 fully saturated rings. The van der Waals surface area contributed by atoms with E-state index in [1.165, 1.54) is 44.1 Å². The Balaban J connectivity index is 2.25. The fraction of sp³-hybridized carbons (Fsp3) is 0.750. The van der Waals surface area contributed by atoms with Crippen molar-refractivity contribution in [3.8, 4) is 0 Å². The molecular weight excluding hydrogens is 222 g/mol. The van der Waals surface area contributed by atoms with Gasteiger partial charge in [-0.05, 0) is 51.1 Å². The molecule has 1 N–H and O–H groups in total. The van der Waals surface area contributed by atoms with Crippen LogP contribution in [-0.4, -0.2) is 26.8 Å². The van der Waals surface area contributed by atoms with Gasteiger partial charge in [0.2, 0.25) is 0 Å². The SMILES string of the molecule is COCCNCC/C=C(C)\C1=C/CCCCCC1. The zero-order chi connectivity index (χ0) is 13.1. The molecule has 2 nitrogen and oxygen atoms in total. The molecule has 0 aromatic carbocycles. The first-order chi connectivity index (χ1) is 8.84. The van der Waals surface area contributed by atoms with E-state index >= 15 is 0 Å². The first-order valence-corrected chi connectivity index (χ1v) is 7.40. The van der Waals surface area contributed by atoms with Gasteiger partial charge in [-0.3, -0.25) is 0 Å². The van der Waals surface area contributed by atoms with Crippen molar-refractivity contribution in [2.75, 3.05) is 26.8 Å². The lowest BCUT2D eigenvalue weighted by Crippen LogP contribution is -2.19. The van der Waals surface area contributed by atoms with Crippen molar-refractivity contribution in [2.24, 2.45) is 0 Å². The number of methoxy groups -OCH3 is 1. The van der Waals surface area contributed by atoms with Crippen molar-refractivity contribution in [3.05, 3.63) is 23.3 Å². The first-order valence-electron chi connectivity index (χ1n) is 7.40. The normalized spacial score (nSPS) is 21.0.